The number of ether oxygens (including phenoxy) is 2. The van der Waals surface area contributed by atoms with Gasteiger partial charge in [0.2, 0.25) is 0 Å². The SMILES string of the molecule is CCC1(c2cc(N)ccc2F)CCOC(NC(=O)OC(C)(C)C)=N1. The van der Waals surface area contributed by atoms with Crippen molar-refractivity contribution in [3.05, 3.63) is 29.6 Å². The van der Waals surface area contributed by atoms with Gasteiger partial charge >= 0.3 is 6.09 Å². The molecule has 0 aromatic heterocycles. The Morgan fingerprint density at radius 1 is 1.50 bits per heavy atom. The summed E-state index contributed by atoms with van der Waals surface area (Å²) in [4.78, 5) is 16.4. The number of nitrogen functional groups attached to an aromatic ring is 1. The maximum atomic E-state index is 14.3. The van der Waals surface area contributed by atoms with Crippen molar-refractivity contribution in [3.63, 3.8) is 0 Å². The van der Waals surface area contributed by atoms with Gasteiger partial charge in [-0.3, -0.25) is 0 Å². The number of aliphatic imine (C=N–C) groups is 1. The van der Waals surface area contributed by atoms with E-state index < -0.39 is 17.2 Å². The molecule has 1 atom stereocenters. The van der Waals surface area contributed by atoms with E-state index in [9.17, 15) is 9.18 Å². The maximum Gasteiger partial charge on any atom is 0.415 e. The van der Waals surface area contributed by atoms with E-state index in [1.165, 1.54) is 12.1 Å². The molecule has 2 rings (SSSR count). The number of carbonyl (C=O) groups excluding carboxylic acids is 1. The molecule has 1 heterocycles. The van der Waals surface area contributed by atoms with Crippen LogP contribution in [0.4, 0.5) is 14.9 Å². The summed E-state index contributed by atoms with van der Waals surface area (Å²) in [5, 5.41) is 2.48. The number of alkyl carbamates (subject to hydrolysis) is 1. The molecule has 6 nitrogen and oxygen atoms in total. The molecule has 3 N–H and O–H groups in total. The molecular weight excluding hydrogens is 313 g/mol. The molecule has 0 radical (unpaired) electrons. The van der Waals surface area contributed by atoms with Crippen LogP contribution < -0.4 is 11.1 Å². The van der Waals surface area contributed by atoms with Crippen LogP contribution in [0.15, 0.2) is 23.2 Å². The number of rotatable bonds is 2. The molecule has 0 saturated carbocycles. The summed E-state index contributed by atoms with van der Waals surface area (Å²) >= 11 is 0. The lowest BCUT2D eigenvalue weighted by molar-refractivity contribution is 0.0541. The maximum absolute atomic E-state index is 14.3. The Hall–Kier alpha value is -2.31. The van der Waals surface area contributed by atoms with Gasteiger partial charge in [0.1, 0.15) is 11.4 Å². The molecule has 1 aliphatic rings. The zero-order valence-corrected chi connectivity index (χ0v) is 14.5. The van der Waals surface area contributed by atoms with Crippen molar-refractivity contribution in [2.45, 2.75) is 51.7 Å². The highest BCUT2D eigenvalue weighted by molar-refractivity contribution is 5.91. The van der Waals surface area contributed by atoms with Crippen LogP contribution in [-0.2, 0) is 15.0 Å². The van der Waals surface area contributed by atoms with Gasteiger partial charge in [-0.1, -0.05) is 6.92 Å². The number of anilines is 1. The van der Waals surface area contributed by atoms with Crippen LogP contribution >= 0.6 is 0 Å². The fourth-order valence-electron chi connectivity index (χ4n) is 2.59. The van der Waals surface area contributed by atoms with E-state index in [1.807, 2.05) is 6.92 Å². The highest BCUT2D eigenvalue weighted by atomic mass is 19.1. The third-order valence-electron chi connectivity index (χ3n) is 3.75. The molecule has 1 amide bonds. The van der Waals surface area contributed by atoms with Crippen LogP contribution in [0, 0.1) is 5.82 Å². The summed E-state index contributed by atoms with van der Waals surface area (Å²) in [5.41, 5.74) is 5.19. The summed E-state index contributed by atoms with van der Waals surface area (Å²) in [7, 11) is 0. The van der Waals surface area contributed by atoms with Crippen LogP contribution in [0.2, 0.25) is 0 Å². The molecule has 1 unspecified atom stereocenters. The second-order valence-electron chi connectivity index (χ2n) is 6.77. The topological polar surface area (TPSA) is 85.9 Å². The Bertz CT molecular complexity index is 655. The molecule has 1 aromatic rings. The lowest BCUT2D eigenvalue weighted by Crippen LogP contribution is -2.43. The molecule has 0 bridgehead atoms. The predicted molar refractivity (Wildman–Crippen MR) is 90.2 cm³/mol. The standard InChI is InChI=1S/C17H24FN3O3/c1-5-17(12-10-11(19)6-7-13(12)18)8-9-23-14(21-17)20-15(22)24-16(2,3)4/h6-7,10H,5,8-9,19H2,1-4H3,(H,20,21,22). The van der Waals surface area contributed by atoms with E-state index in [2.05, 4.69) is 10.3 Å². The predicted octanol–water partition coefficient (Wildman–Crippen LogP) is 3.31. The molecule has 132 valence electrons. The van der Waals surface area contributed by atoms with Crippen molar-refractivity contribution >= 4 is 17.8 Å². The van der Waals surface area contributed by atoms with Crippen LogP contribution in [0.5, 0.6) is 0 Å². The van der Waals surface area contributed by atoms with Gasteiger partial charge in [-0.15, -0.1) is 0 Å². The number of carbonyl (C=O) groups is 1. The number of halogens is 1. The first-order valence-electron chi connectivity index (χ1n) is 7.93. The molecular formula is C17H24FN3O3. The van der Waals surface area contributed by atoms with Gasteiger partial charge in [0.05, 0.1) is 12.1 Å². The van der Waals surface area contributed by atoms with E-state index in [-0.39, 0.29) is 11.8 Å². The summed E-state index contributed by atoms with van der Waals surface area (Å²) in [6.45, 7) is 7.48. The van der Waals surface area contributed by atoms with Crippen molar-refractivity contribution in [2.24, 2.45) is 4.99 Å². The van der Waals surface area contributed by atoms with E-state index >= 15 is 0 Å². The van der Waals surface area contributed by atoms with Gasteiger partial charge < -0.3 is 15.2 Å². The first-order chi connectivity index (χ1) is 11.1. The van der Waals surface area contributed by atoms with Crippen molar-refractivity contribution in [2.75, 3.05) is 12.3 Å². The number of nitrogens with two attached hydrogens (primary N) is 1. The smallest absolute Gasteiger partial charge is 0.415 e. The van der Waals surface area contributed by atoms with Crippen LogP contribution in [0.25, 0.3) is 0 Å². The van der Waals surface area contributed by atoms with Gasteiger partial charge in [-0.05, 0) is 45.4 Å². The van der Waals surface area contributed by atoms with Gasteiger partial charge in [0, 0.05) is 17.7 Å². The molecule has 0 spiro atoms. The fraction of sp³-hybridized carbons (Fsp3) is 0.529. The molecule has 0 saturated heterocycles. The van der Waals surface area contributed by atoms with Gasteiger partial charge in [-0.25, -0.2) is 19.5 Å². The first-order valence-corrected chi connectivity index (χ1v) is 7.93. The number of nitrogens with one attached hydrogen (secondary N) is 1. The Morgan fingerprint density at radius 3 is 2.83 bits per heavy atom. The quantitative estimate of drug-likeness (QED) is 0.811. The average molecular weight is 337 g/mol. The van der Waals surface area contributed by atoms with Crippen LogP contribution in [0.3, 0.4) is 0 Å². The Kier molecular flexibility index (Phi) is 5.01. The third-order valence-corrected chi connectivity index (χ3v) is 3.75. The average Bonchev–Trinajstić information content (AvgIpc) is 2.47. The molecule has 24 heavy (non-hydrogen) atoms. The minimum atomic E-state index is -0.831. The van der Waals surface area contributed by atoms with Crippen molar-refractivity contribution in [3.8, 4) is 0 Å². The fourth-order valence-corrected chi connectivity index (χ4v) is 2.59. The number of hydrogen-bond acceptors (Lipinski definition) is 5. The Labute approximate surface area is 141 Å². The highest BCUT2D eigenvalue weighted by Gasteiger charge is 2.37. The van der Waals surface area contributed by atoms with E-state index in [0.29, 0.717) is 30.7 Å². The van der Waals surface area contributed by atoms with Crippen LogP contribution in [0.1, 0.15) is 46.1 Å². The Balaban J connectivity index is 2.30. The number of hydrogen-bond donors (Lipinski definition) is 2. The summed E-state index contributed by atoms with van der Waals surface area (Å²) in [6, 6.07) is 4.44. The number of benzene rings is 1. The summed E-state index contributed by atoms with van der Waals surface area (Å²) in [6.07, 6.45) is 0.362. The minimum Gasteiger partial charge on any atom is -0.465 e. The highest BCUT2D eigenvalue weighted by Crippen LogP contribution is 2.38. The Morgan fingerprint density at radius 2 is 2.21 bits per heavy atom. The number of amides is 1. The van der Waals surface area contributed by atoms with Crippen molar-refractivity contribution < 1.29 is 18.7 Å². The zero-order valence-electron chi connectivity index (χ0n) is 14.5. The van der Waals surface area contributed by atoms with Crippen LogP contribution in [-0.4, -0.2) is 24.3 Å². The summed E-state index contributed by atoms with van der Waals surface area (Å²) < 4.78 is 24.9. The zero-order chi connectivity index (χ0) is 18.0. The van der Waals surface area contributed by atoms with Crippen molar-refractivity contribution in [1.82, 2.24) is 5.32 Å². The minimum absolute atomic E-state index is 0.0270. The molecule has 1 aliphatic heterocycles. The summed E-state index contributed by atoms with van der Waals surface area (Å²) in [5.74, 6) is -0.381. The molecule has 7 heteroatoms. The van der Waals surface area contributed by atoms with Gasteiger partial charge in [-0.2, -0.15) is 0 Å². The lowest BCUT2D eigenvalue weighted by Gasteiger charge is -2.34. The lowest BCUT2D eigenvalue weighted by atomic mass is 9.84. The molecule has 0 aliphatic carbocycles. The third kappa shape index (κ3) is 4.15. The van der Waals surface area contributed by atoms with Crippen molar-refractivity contribution in [1.29, 1.82) is 0 Å². The number of nitrogens with zero attached hydrogens (tertiary/aromatic N) is 1. The second-order valence-corrected chi connectivity index (χ2v) is 6.77. The van der Waals surface area contributed by atoms with E-state index in [4.69, 9.17) is 15.2 Å². The molecule has 0 fully saturated rings. The van der Waals surface area contributed by atoms with E-state index in [1.54, 1.807) is 26.8 Å². The second kappa shape index (κ2) is 6.67. The molecule has 1 aromatic carbocycles. The monoisotopic (exact) mass is 337 g/mol. The normalized spacial score (nSPS) is 20.8. The first kappa shape index (κ1) is 18.0. The van der Waals surface area contributed by atoms with Gasteiger partial charge in [0.25, 0.3) is 6.02 Å². The number of amidine groups is 1. The van der Waals surface area contributed by atoms with Gasteiger partial charge in [0.15, 0.2) is 0 Å². The largest absolute Gasteiger partial charge is 0.465 e. The van der Waals surface area contributed by atoms with E-state index in [0.717, 1.165) is 0 Å².